The first kappa shape index (κ1) is 6.60. The molecule has 0 amide bonds. The fraction of sp³-hybridized carbons (Fsp3) is 0.667. The highest BCUT2D eigenvalue weighted by atomic mass is 16.6. The second-order valence-corrected chi connectivity index (χ2v) is 2.72. The van der Waals surface area contributed by atoms with E-state index < -0.39 is 0 Å². The molecule has 1 aliphatic rings. The smallest absolute Gasteiger partial charge is 0.195 e. The Kier molecular flexibility index (Phi) is 1.50. The van der Waals surface area contributed by atoms with Crippen LogP contribution in [-0.2, 0) is 6.54 Å². The molecule has 2 N–H and O–H groups in total. The van der Waals surface area contributed by atoms with Crippen molar-refractivity contribution >= 4 is 5.82 Å². The van der Waals surface area contributed by atoms with Crippen LogP contribution in [0.1, 0.15) is 12.6 Å². The van der Waals surface area contributed by atoms with Crippen molar-refractivity contribution in [1.29, 1.82) is 0 Å². The second kappa shape index (κ2) is 2.50. The predicted octanol–water partition coefficient (Wildman–Crippen LogP) is -0.0268. The lowest BCUT2D eigenvalue weighted by molar-refractivity contribution is 0.302. The van der Waals surface area contributed by atoms with E-state index in [0.717, 1.165) is 24.6 Å². The molecule has 60 valence electrons. The highest BCUT2D eigenvalue weighted by Gasteiger charge is 2.15. The van der Waals surface area contributed by atoms with E-state index in [2.05, 4.69) is 32.5 Å². The molecular weight excluding hydrogens is 144 g/mol. The first-order valence-electron chi connectivity index (χ1n) is 3.65. The minimum absolute atomic E-state index is 0.450. The Morgan fingerprint density at radius 2 is 2.45 bits per heavy atom. The standard InChI is InChI=1S/C6H10N4O/c1-4-2-8-6-5(3-7-4)9-11-10-6/h4,7H,2-3H2,1H3,(H,8,10). The average molecular weight is 154 g/mol. The molecule has 1 aliphatic heterocycles. The molecule has 1 atom stereocenters. The lowest BCUT2D eigenvalue weighted by atomic mass is 10.3. The maximum atomic E-state index is 4.56. The molecule has 0 spiro atoms. The van der Waals surface area contributed by atoms with E-state index in [1.807, 2.05) is 0 Å². The van der Waals surface area contributed by atoms with Crippen molar-refractivity contribution in [3.63, 3.8) is 0 Å². The quantitative estimate of drug-likeness (QED) is 0.549. The van der Waals surface area contributed by atoms with E-state index >= 15 is 0 Å². The summed E-state index contributed by atoms with van der Waals surface area (Å²) in [6.07, 6.45) is 0. The lowest BCUT2D eigenvalue weighted by Crippen LogP contribution is -2.29. The second-order valence-electron chi connectivity index (χ2n) is 2.72. The number of aromatic nitrogens is 2. The van der Waals surface area contributed by atoms with Gasteiger partial charge >= 0.3 is 0 Å². The van der Waals surface area contributed by atoms with Gasteiger partial charge in [0, 0.05) is 19.1 Å². The largest absolute Gasteiger partial charge is 0.364 e. The molecule has 2 heterocycles. The number of nitrogens with zero attached hydrogens (tertiary/aromatic N) is 2. The Bertz CT molecular complexity index is 224. The normalized spacial score (nSPS) is 23.5. The molecule has 1 unspecified atom stereocenters. The van der Waals surface area contributed by atoms with E-state index in [4.69, 9.17) is 0 Å². The lowest BCUT2D eigenvalue weighted by Gasteiger charge is -2.07. The molecule has 5 nitrogen and oxygen atoms in total. The van der Waals surface area contributed by atoms with Crippen LogP contribution in [-0.4, -0.2) is 22.9 Å². The van der Waals surface area contributed by atoms with Crippen molar-refractivity contribution in [2.75, 3.05) is 11.9 Å². The zero-order valence-corrected chi connectivity index (χ0v) is 6.29. The summed E-state index contributed by atoms with van der Waals surface area (Å²) < 4.78 is 4.56. The van der Waals surface area contributed by atoms with Crippen molar-refractivity contribution in [2.45, 2.75) is 19.5 Å². The summed E-state index contributed by atoms with van der Waals surface area (Å²) in [6, 6.07) is 0.450. The van der Waals surface area contributed by atoms with Gasteiger partial charge in [-0.15, -0.1) is 0 Å². The predicted molar refractivity (Wildman–Crippen MR) is 39.1 cm³/mol. The number of hydrogen-bond donors (Lipinski definition) is 2. The summed E-state index contributed by atoms with van der Waals surface area (Å²) in [7, 11) is 0. The van der Waals surface area contributed by atoms with Gasteiger partial charge in [-0.1, -0.05) is 5.16 Å². The van der Waals surface area contributed by atoms with Crippen molar-refractivity contribution in [1.82, 2.24) is 15.6 Å². The third-order valence-electron chi connectivity index (χ3n) is 1.75. The van der Waals surface area contributed by atoms with Gasteiger partial charge in [-0.25, -0.2) is 4.63 Å². The molecule has 0 saturated heterocycles. The van der Waals surface area contributed by atoms with Gasteiger partial charge in [0.25, 0.3) is 0 Å². The van der Waals surface area contributed by atoms with Crippen LogP contribution in [0.3, 0.4) is 0 Å². The maximum absolute atomic E-state index is 4.56. The molecule has 1 aromatic rings. The summed E-state index contributed by atoms with van der Waals surface area (Å²) in [5.41, 5.74) is 0.856. The zero-order chi connectivity index (χ0) is 7.68. The maximum Gasteiger partial charge on any atom is 0.195 e. The van der Waals surface area contributed by atoms with Crippen LogP contribution in [0.5, 0.6) is 0 Å². The van der Waals surface area contributed by atoms with Crippen molar-refractivity contribution in [2.24, 2.45) is 0 Å². The minimum Gasteiger partial charge on any atom is -0.364 e. The summed E-state index contributed by atoms with van der Waals surface area (Å²) in [4.78, 5) is 0. The van der Waals surface area contributed by atoms with Crippen LogP contribution >= 0.6 is 0 Å². The highest BCUT2D eigenvalue weighted by molar-refractivity contribution is 5.38. The molecule has 5 heteroatoms. The van der Waals surface area contributed by atoms with Crippen LogP contribution in [0.4, 0.5) is 5.82 Å². The fourth-order valence-electron chi connectivity index (χ4n) is 1.05. The van der Waals surface area contributed by atoms with Crippen LogP contribution in [0, 0.1) is 0 Å². The van der Waals surface area contributed by atoms with E-state index in [9.17, 15) is 0 Å². The number of rotatable bonds is 0. The Morgan fingerprint density at radius 1 is 1.55 bits per heavy atom. The molecule has 0 fully saturated rings. The highest BCUT2D eigenvalue weighted by Crippen LogP contribution is 2.11. The summed E-state index contributed by atoms with van der Waals surface area (Å²) in [6.45, 7) is 3.70. The van der Waals surface area contributed by atoms with Crippen molar-refractivity contribution in [3.05, 3.63) is 5.69 Å². The third kappa shape index (κ3) is 1.19. The number of fused-ring (bicyclic) bond motifs is 1. The average Bonchev–Trinajstić information content (AvgIpc) is 2.38. The Hall–Kier alpha value is -1.10. The van der Waals surface area contributed by atoms with Crippen LogP contribution < -0.4 is 10.6 Å². The van der Waals surface area contributed by atoms with E-state index in [1.165, 1.54) is 0 Å². The third-order valence-corrected chi connectivity index (χ3v) is 1.75. The van der Waals surface area contributed by atoms with Crippen LogP contribution in [0.2, 0.25) is 0 Å². The molecule has 0 bridgehead atoms. The monoisotopic (exact) mass is 154 g/mol. The van der Waals surface area contributed by atoms with Gasteiger partial charge in [-0.05, 0) is 12.1 Å². The number of nitrogens with one attached hydrogen (secondary N) is 2. The Labute approximate surface area is 64.1 Å². The summed E-state index contributed by atoms with van der Waals surface area (Å²) in [5.74, 6) is 0.766. The first-order chi connectivity index (χ1) is 5.36. The van der Waals surface area contributed by atoms with Crippen molar-refractivity contribution < 1.29 is 4.63 Å². The molecule has 0 aliphatic carbocycles. The molecule has 11 heavy (non-hydrogen) atoms. The number of hydrogen-bond acceptors (Lipinski definition) is 5. The molecule has 1 aromatic heterocycles. The van der Waals surface area contributed by atoms with Gasteiger partial charge in [0.1, 0.15) is 5.69 Å². The van der Waals surface area contributed by atoms with E-state index in [-0.39, 0.29) is 0 Å². The zero-order valence-electron chi connectivity index (χ0n) is 6.29. The molecule has 0 saturated carbocycles. The van der Waals surface area contributed by atoms with E-state index in [0.29, 0.717) is 6.04 Å². The first-order valence-corrected chi connectivity index (χ1v) is 3.65. The van der Waals surface area contributed by atoms with Gasteiger partial charge in [0.05, 0.1) is 0 Å². The molecule has 2 rings (SSSR count). The van der Waals surface area contributed by atoms with Gasteiger partial charge in [0.15, 0.2) is 5.82 Å². The Morgan fingerprint density at radius 3 is 3.36 bits per heavy atom. The van der Waals surface area contributed by atoms with Gasteiger partial charge in [-0.2, -0.15) is 0 Å². The van der Waals surface area contributed by atoms with E-state index in [1.54, 1.807) is 0 Å². The van der Waals surface area contributed by atoms with Gasteiger partial charge < -0.3 is 10.6 Å². The van der Waals surface area contributed by atoms with Crippen molar-refractivity contribution in [3.8, 4) is 0 Å². The topological polar surface area (TPSA) is 63.0 Å². The van der Waals surface area contributed by atoms with Gasteiger partial charge in [0.2, 0.25) is 0 Å². The van der Waals surface area contributed by atoms with Crippen LogP contribution in [0.15, 0.2) is 4.63 Å². The summed E-state index contributed by atoms with van der Waals surface area (Å²) in [5, 5.41) is 13.8. The number of anilines is 1. The minimum atomic E-state index is 0.450. The Balaban J connectivity index is 2.20. The van der Waals surface area contributed by atoms with Gasteiger partial charge in [-0.3, -0.25) is 0 Å². The molecular formula is C6H10N4O. The molecule has 0 radical (unpaired) electrons. The SMILES string of the molecule is CC1CNc2nonc2CN1. The fourth-order valence-corrected chi connectivity index (χ4v) is 1.05. The molecule has 0 aromatic carbocycles. The summed E-state index contributed by atoms with van der Waals surface area (Å²) >= 11 is 0. The van der Waals surface area contributed by atoms with Crippen LogP contribution in [0.25, 0.3) is 0 Å².